The molecule has 0 amide bonds. The van der Waals surface area contributed by atoms with Crippen LogP contribution in [0.4, 0.5) is 0 Å². The SMILES string of the molecule is CC1(C)O[C@@H]2[C@@H](CCO[Si](C)(C)C(C)(C)C)CC(=O)[C@@H]2O1. The van der Waals surface area contributed by atoms with Crippen LogP contribution in [0.25, 0.3) is 0 Å². The molecule has 1 saturated carbocycles. The highest BCUT2D eigenvalue weighted by molar-refractivity contribution is 6.74. The normalized spacial score (nSPS) is 32.5. The van der Waals surface area contributed by atoms with Gasteiger partial charge in [0.2, 0.25) is 0 Å². The number of carbonyl (C=O) groups excluding carboxylic acids is 1. The maximum atomic E-state index is 12.0. The Hall–Kier alpha value is -0.233. The van der Waals surface area contributed by atoms with Crippen LogP contribution < -0.4 is 0 Å². The smallest absolute Gasteiger partial charge is 0.191 e. The second kappa shape index (κ2) is 5.44. The van der Waals surface area contributed by atoms with E-state index < -0.39 is 14.1 Å². The fourth-order valence-electron chi connectivity index (χ4n) is 2.82. The molecule has 0 bridgehead atoms. The van der Waals surface area contributed by atoms with Crippen LogP contribution in [0.1, 0.15) is 47.5 Å². The number of ether oxygens (including phenoxy) is 2. The number of hydrogen-bond acceptors (Lipinski definition) is 4. The first-order chi connectivity index (χ1) is 9.43. The third-order valence-electron chi connectivity index (χ3n) is 5.13. The van der Waals surface area contributed by atoms with Gasteiger partial charge in [-0.25, -0.2) is 0 Å². The van der Waals surface area contributed by atoms with E-state index in [4.69, 9.17) is 13.9 Å². The van der Waals surface area contributed by atoms with Crippen LogP contribution in [0, 0.1) is 5.92 Å². The fourth-order valence-corrected chi connectivity index (χ4v) is 3.88. The number of rotatable bonds is 4. The van der Waals surface area contributed by atoms with Crippen LogP contribution >= 0.6 is 0 Å². The molecule has 0 aromatic carbocycles. The summed E-state index contributed by atoms with van der Waals surface area (Å²) in [5, 5.41) is 0.218. The van der Waals surface area contributed by atoms with E-state index in [9.17, 15) is 4.79 Å². The molecule has 1 aliphatic heterocycles. The van der Waals surface area contributed by atoms with Gasteiger partial charge in [-0.2, -0.15) is 0 Å². The zero-order chi connectivity index (χ0) is 16.1. The van der Waals surface area contributed by atoms with E-state index in [0.717, 1.165) is 6.42 Å². The van der Waals surface area contributed by atoms with Crippen molar-refractivity contribution in [3.63, 3.8) is 0 Å². The largest absolute Gasteiger partial charge is 0.417 e. The second-order valence-electron chi connectivity index (χ2n) is 8.35. The van der Waals surface area contributed by atoms with Crippen molar-refractivity contribution in [1.82, 2.24) is 0 Å². The Balaban J connectivity index is 1.89. The van der Waals surface area contributed by atoms with Crippen LogP contribution in [0.15, 0.2) is 0 Å². The summed E-state index contributed by atoms with van der Waals surface area (Å²) >= 11 is 0. The molecular weight excluding hydrogens is 284 g/mol. The van der Waals surface area contributed by atoms with Gasteiger partial charge in [0.1, 0.15) is 6.10 Å². The molecule has 4 nitrogen and oxygen atoms in total. The first-order valence-corrected chi connectivity index (χ1v) is 10.9. The minimum atomic E-state index is -1.71. The predicted octanol–water partition coefficient (Wildman–Crippen LogP) is 3.51. The Labute approximate surface area is 129 Å². The van der Waals surface area contributed by atoms with E-state index in [1.54, 1.807) is 0 Å². The van der Waals surface area contributed by atoms with Gasteiger partial charge < -0.3 is 13.9 Å². The summed E-state index contributed by atoms with van der Waals surface area (Å²) < 4.78 is 17.9. The van der Waals surface area contributed by atoms with Gasteiger partial charge in [-0.3, -0.25) is 4.79 Å². The van der Waals surface area contributed by atoms with Gasteiger partial charge in [0.25, 0.3) is 0 Å². The van der Waals surface area contributed by atoms with E-state index >= 15 is 0 Å². The molecule has 0 unspecified atom stereocenters. The molecule has 0 radical (unpaired) electrons. The minimum Gasteiger partial charge on any atom is -0.417 e. The van der Waals surface area contributed by atoms with E-state index in [1.165, 1.54) is 0 Å². The quantitative estimate of drug-likeness (QED) is 0.745. The molecule has 1 heterocycles. The maximum absolute atomic E-state index is 12.0. The summed E-state index contributed by atoms with van der Waals surface area (Å²) in [6.07, 6.45) is 0.985. The van der Waals surface area contributed by atoms with Crippen molar-refractivity contribution in [2.24, 2.45) is 5.92 Å². The lowest BCUT2D eigenvalue weighted by Crippen LogP contribution is -2.41. The molecule has 0 N–H and O–H groups in total. The lowest BCUT2D eigenvalue weighted by atomic mass is 10.0. The summed E-state index contributed by atoms with van der Waals surface area (Å²) in [6.45, 7) is 15.7. The fraction of sp³-hybridized carbons (Fsp3) is 0.938. The lowest BCUT2D eigenvalue weighted by Gasteiger charge is -2.36. The summed E-state index contributed by atoms with van der Waals surface area (Å²) in [5.74, 6) is -0.221. The maximum Gasteiger partial charge on any atom is 0.191 e. The highest BCUT2D eigenvalue weighted by Crippen LogP contribution is 2.41. The van der Waals surface area contributed by atoms with Crippen LogP contribution in [0.5, 0.6) is 0 Å². The third kappa shape index (κ3) is 3.58. The average molecular weight is 314 g/mol. The van der Waals surface area contributed by atoms with E-state index in [2.05, 4.69) is 33.9 Å². The van der Waals surface area contributed by atoms with Crippen molar-refractivity contribution in [2.45, 2.75) is 83.6 Å². The van der Waals surface area contributed by atoms with Gasteiger partial charge in [0.05, 0.1) is 6.10 Å². The number of Topliss-reactive ketones (excluding diaryl/α,β-unsaturated/α-hetero) is 1. The minimum absolute atomic E-state index is 0.0875. The molecule has 3 atom stereocenters. The molecule has 5 heteroatoms. The molecule has 21 heavy (non-hydrogen) atoms. The predicted molar refractivity (Wildman–Crippen MR) is 84.7 cm³/mol. The summed E-state index contributed by atoms with van der Waals surface area (Å²) in [4.78, 5) is 12.0. The molecule has 2 aliphatic rings. The highest BCUT2D eigenvalue weighted by Gasteiger charge is 2.53. The number of hydrogen-bond donors (Lipinski definition) is 0. The zero-order valence-corrected chi connectivity index (χ0v) is 15.5. The summed E-state index contributed by atoms with van der Waals surface area (Å²) in [7, 11) is -1.71. The van der Waals surface area contributed by atoms with Crippen LogP contribution in [0.3, 0.4) is 0 Å². The van der Waals surface area contributed by atoms with Gasteiger partial charge in [0, 0.05) is 13.0 Å². The van der Waals surface area contributed by atoms with Gasteiger partial charge in [-0.05, 0) is 44.3 Å². The van der Waals surface area contributed by atoms with Crippen molar-refractivity contribution >= 4 is 14.1 Å². The van der Waals surface area contributed by atoms with Crippen LogP contribution in [-0.4, -0.2) is 38.7 Å². The van der Waals surface area contributed by atoms with Crippen molar-refractivity contribution < 1.29 is 18.7 Å². The van der Waals surface area contributed by atoms with Gasteiger partial charge >= 0.3 is 0 Å². The Morgan fingerprint density at radius 3 is 2.48 bits per heavy atom. The summed E-state index contributed by atoms with van der Waals surface area (Å²) in [5.41, 5.74) is 0. The Morgan fingerprint density at radius 1 is 1.29 bits per heavy atom. The van der Waals surface area contributed by atoms with Crippen LogP contribution in [0.2, 0.25) is 18.1 Å². The van der Waals surface area contributed by atoms with Crippen molar-refractivity contribution in [2.75, 3.05) is 6.61 Å². The number of fused-ring (bicyclic) bond motifs is 1. The molecule has 122 valence electrons. The van der Waals surface area contributed by atoms with Crippen LogP contribution in [-0.2, 0) is 18.7 Å². The summed E-state index contributed by atoms with van der Waals surface area (Å²) in [6, 6.07) is 0. The molecule has 0 aromatic heterocycles. The van der Waals surface area contributed by atoms with Gasteiger partial charge in [0.15, 0.2) is 19.9 Å². The molecule has 1 aliphatic carbocycles. The number of ketones is 1. The first-order valence-electron chi connectivity index (χ1n) is 7.95. The monoisotopic (exact) mass is 314 g/mol. The van der Waals surface area contributed by atoms with E-state index in [1.807, 2.05) is 13.8 Å². The van der Waals surface area contributed by atoms with Crippen molar-refractivity contribution in [1.29, 1.82) is 0 Å². The Bertz CT molecular complexity index is 411. The molecule has 0 spiro atoms. The zero-order valence-electron chi connectivity index (χ0n) is 14.5. The number of carbonyl (C=O) groups is 1. The Morgan fingerprint density at radius 2 is 1.90 bits per heavy atom. The van der Waals surface area contributed by atoms with Crippen molar-refractivity contribution in [3.05, 3.63) is 0 Å². The molecule has 1 saturated heterocycles. The average Bonchev–Trinajstić information content (AvgIpc) is 2.74. The van der Waals surface area contributed by atoms with Crippen molar-refractivity contribution in [3.8, 4) is 0 Å². The first kappa shape index (κ1) is 17.1. The van der Waals surface area contributed by atoms with E-state index in [0.29, 0.717) is 13.0 Å². The Kier molecular flexibility index (Phi) is 4.44. The third-order valence-corrected chi connectivity index (χ3v) is 9.67. The molecule has 0 aromatic rings. The standard InChI is InChI=1S/C16H30O4Si/c1-15(2,3)21(6,7)18-9-8-11-10-12(17)14-13(11)19-16(4,5)20-14/h11,13-14H,8-10H2,1-7H3/t11-,13+,14-/m0/s1. The highest BCUT2D eigenvalue weighted by atomic mass is 28.4. The molecule has 2 rings (SSSR count). The van der Waals surface area contributed by atoms with E-state index in [-0.39, 0.29) is 28.9 Å². The van der Waals surface area contributed by atoms with Gasteiger partial charge in [-0.1, -0.05) is 20.8 Å². The molecule has 2 fully saturated rings. The molecular formula is C16H30O4Si. The lowest BCUT2D eigenvalue weighted by molar-refractivity contribution is -0.163. The topological polar surface area (TPSA) is 44.8 Å². The van der Waals surface area contributed by atoms with Gasteiger partial charge in [-0.15, -0.1) is 0 Å². The second-order valence-corrected chi connectivity index (χ2v) is 13.2.